The van der Waals surface area contributed by atoms with Crippen molar-refractivity contribution < 1.29 is 0 Å². The number of aromatic nitrogens is 2. The Kier molecular flexibility index (Phi) is 3.77. The number of anilines is 1. The Morgan fingerprint density at radius 2 is 2.17 bits per heavy atom. The van der Waals surface area contributed by atoms with E-state index in [1.165, 1.54) is 4.68 Å². The van der Waals surface area contributed by atoms with Crippen LogP contribution in [0.15, 0.2) is 15.5 Å². The van der Waals surface area contributed by atoms with E-state index in [9.17, 15) is 4.79 Å². The van der Waals surface area contributed by atoms with Gasteiger partial charge in [0.15, 0.2) is 0 Å². The molecule has 0 amide bonds. The Balaban J connectivity index is 2.37. The zero-order valence-corrected chi connectivity index (χ0v) is 12.5. The largest absolute Gasteiger partial charge is 0.367 e. The van der Waals surface area contributed by atoms with Gasteiger partial charge in [0.25, 0.3) is 5.56 Å². The molecule has 1 aromatic rings. The van der Waals surface area contributed by atoms with Crippen LogP contribution in [0, 0.1) is 5.92 Å². The first-order chi connectivity index (χ1) is 8.41. The molecule has 100 valence electrons. The van der Waals surface area contributed by atoms with Gasteiger partial charge < -0.3 is 10.6 Å². The highest BCUT2D eigenvalue weighted by Crippen LogP contribution is 2.27. The molecule has 0 spiro atoms. The van der Waals surface area contributed by atoms with Gasteiger partial charge in [-0.2, -0.15) is 5.10 Å². The molecule has 2 rings (SSSR count). The molecule has 2 atom stereocenters. The minimum Gasteiger partial charge on any atom is -0.367 e. The van der Waals surface area contributed by atoms with Crippen LogP contribution in [0.4, 0.5) is 5.69 Å². The van der Waals surface area contributed by atoms with E-state index in [2.05, 4.69) is 32.9 Å². The quantitative estimate of drug-likeness (QED) is 0.895. The summed E-state index contributed by atoms with van der Waals surface area (Å²) in [6.45, 7) is 7.64. The summed E-state index contributed by atoms with van der Waals surface area (Å²) in [5, 5.41) is 4.22. The molecule has 0 bridgehead atoms. The van der Waals surface area contributed by atoms with Gasteiger partial charge in [0.2, 0.25) is 0 Å². The van der Waals surface area contributed by atoms with Gasteiger partial charge in [0.05, 0.1) is 17.9 Å². The highest BCUT2D eigenvalue weighted by atomic mass is 79.9. The van der Waals surface area contributed by atoms with Crippen molar-refractivity contribution in [1.29, 1.82) is 0 Å². The highest BCUT2D eigenvalue weighted by molar-refractivity contribution is 9.10. The standard InChI is InChI=1S/C12H19BrN4O/c1-7(2)17-12(18)11(13)10(4-15-17)16-5-8(3)9(14)6-16/h4,7-9H,5-6,14H2,1-3H3. The second-order valence-electron chi connectivity index (χ2n) is 5.23. The van der Waals surface area contributed by atoms with Crippen LogP contribution in [-0.4, -0.2) is 28.9 Å². The normalized spacial score (nSPS) is 24.0. The van der Waals surface area contributed by atoms with Gasteiger partial charge in [-0.3, -0.25) is 4.79 Å². The van der Waals surface area contributed by atoms with Gasteiger partial charge in [0.1, 0.15) is 4.47 Å². The van der Waals surface area contributed by atoms with Crippen molar-refractivity contribution in [3.8, 4) is 0 Å². The maximum atomic E-state index is 12.1. The van der Waals surface area contributed by atoms with Gasteiger partial charge in [-0.1, -0.05) is 6.92 Å². The van der Waals surface area contributed by atoms with E-state index in [1.54, 1.807) is 6.20 Å². The fourth-order valence-corrected chi connectivity index (χ4v) is 2.75. The maximum absolute atomic E-state index is 12.1. The van der Waals surface area contributed by atoms with E-state index >= 15 is 0 Å². The predicted octanol–water partition coefficient (Wildman–Crippen LogP) is 1.37. The number of hydrogen-bond acceptors (Lipinski definition) is 4. The molecule has 2 N–H and O–H groups in total. The third kappa shape index (κ3) is 2.31. The predicted molar refractivity (Wildman–Crippen MR) is 75.9 cm³/mol. The number of halogens is 1. The average molecular weight is 315 g/mol. The molecule has 0 aliphatic carbocycles. The number of nitrogens with two attached hydrogens (primary N) is 1. The van der Waals surface area contributed by atoms with Crippen molar-refractivity contribution in [3.05, 3.63) is 21.0 Å². The molecule has 0 aromatic carbocycles. The van der Waals surface area contributed by atoms with Crippen LogP contribution in [0.1, 0.15) is 26.8 Å². The Labute approximate surface area is 115 Å². The Bertz CT molecular complexity index is 489. The number of nitrogens with zero attached hydrogens (tertiary/aromatic N) is 3. The van der Waals surface area contributed by atoms with E-state index in [0.717, 1.165) is 18.8 Å². The van der Waals surface area contributed by atoms with Crippen molar-refractivity contribution in [2.24, 2.45) is 11.7 Å². The van der Waals surface area contributed by atoms with Crippen LogP contribution < -0.4 is 16.2 Å². The molecule has 0 saturated carbocycles. The lowest BCUT2D eigenvalue weighted by Gasteiger charge is -2.20. The molecule has 2 unspecified atom stereocenters. The van der Waals surface area contributed by atoms with E-state index in [1.807, 2.05) is 13.8 Å². The van der Waals surface area contributed by atoms with E-state index in [0.29, 0.717) is 10.4 Å². The third-order valence-electron chi connectivity index (χ3n) is 3.43. The summed E-state index contributed by atoms with van der Waals surface area (Å²) in [6, 6.07) is 0.215. The molecule has 1 aliphatic heterocycles. The number of rotatable bonds is 2. The van der Waals surface area contributed by atoms with E-state index in [-0.39, 0.29) is 17.6 Å². The van der Waals surface area contributed by atoms with Crippen LogP contribution in [0.3, 0.4) is 0 Å². The summed E-state index contributed by atoms with van der Waals surface area (Å²) in [4.78, 5) is 14.3. The minimum atomic E-state index is -0.0874. The monoisotopic (exact) mass is 314 g/mol. The molecule has 1 aromatic heterocycles. The van der Waals surface area contributed by atoms with Crippen LogP contribution in [-0.2, 0) is 0 Å². The summed E-state index contributed by atoms with van der Waals surface area (Å²) in [5.74, 6) is 0.435. The van der Waals surface area contributed by atoms with Crippen LogP contribution in [0.25, 0.3) is 0 Å². The number of hydrogen-bond donors (Lipinski definition) is 1. The van der Waals surface area contributed by atoms with E-state index in [4.69, 9.17) is 5.73 Å². The Morgan fingerprint density at radius 1 is 1.50 bits per heavy atom. The van der Waals surface area contributed by atoms with Crippen LogP contribution in [0.2, 0.25) is 0 Å². The summed E-state index contributed by atoms with van der Waals surface area (Å²) in [5.41, 5.74) is 6.77. The molecule has 1 saturated heterocycles. The van der Waals surface area contributed by atoms with Gasteiger partial charge in [0, 0.05) is 19.1 Å². The molecule has 2 heterocycles. The SMILES string of the molecule is CC1CN(c2cnn(C(C)C)c(=O)c2Br)CC1N. The Hall–Kier alpha value is -0.880. The van der Waals surface area contributed by atoms with Crippen molar-refractivity contribution in [1.82, 2.24) is 9.78 Å². The minimum absolute atomic E-state index is 0.0580. The smallest absolute Gasteiger partial charge is 0.283 e. The van der Waals surface area contributed by atoms with Gasteiger partial charge in [-0.25, -0.2) is 4.68 Å². The van der Waals surface area contributed by atoms with Crippen LogP contribution >= 0.6 is 15.9 Å². The topological polar surface area (TPSA) is 64.2 Å². The molecule has 1 aliphatic rings. The lowest BCUT2D eigenvalue weighted by molar-refractivity contribution is 0.500. The van der Waals surface area contributed by atoms with E-state index < -0.39 is 0 Å². The van der Waals surface area contributed by atoms with Gasteiger partial charge in [-0.05, 0) is 35.7 Å². The zero-order valence-electron chi connectivity index (χ0n) is 10.9. The van der Waals surface area contributed by atoms with Gasteiger partial charge >= 0.3 is 0 Å². The van der Waals surface area contributed by atoms with Crippen LogP contribution in [0.5, 0.6) is 0 Å². The molecule has 18 heavy (non-hydrogen) atoms. The van der Waals surface area contributed by atoms with Crippen molar-refractivity contribution in [2.45, 2.75) is 32.9 Å². The van der Waals surface area contributed by atoms with Crippen molar-refractivity contribution in [2.75, 3.05) is 18.0 Å². The van der Waals surface area contributed by atoms with Gasteiger partial charge in [-0.15, -0.1) is 0 Å². The summed E-state index contributed by atoms with van der Waals surface area (Å²) >= 11 is 3.39. The van der Waals surface area contributed by atoms with Crippen molar-refractivity contribution in [3.63, 3.8) is 0 Å². The zero-order chi connectivity index (χ0) is 13.4. The fourth-order valence-electron chi connectivity index (χ4n) is 2.21. The summed E-state index contributed by atoms with van der Waals surface area (Å²) in [6.07, 6.45) is 1.75. The first-order valence-electron chi connectivity index (χ1n) is 6.19. The molecular formula is C12H19BrN4O. The summed E-state index contributed by atoms with van der Waals surface area (Å²) in [7, 11) is 0. The highest BCUT2D eigenvalue weighted by Gasteiger charge is 2.28. The summed E-state index contributed by atoms with van der Waals surface area (Å²) < 4.78 is 2.06. The molecule has 5 nitrogen and oxygen atoms in total. The third-order valence-corrected chi connectivity index (χ3v) is 4.17. The molecule has 1 fully saturated rings. The first kappa shape index (κ1) is 13.5. The molecular weight excluding hydrogens is 296 g/mol. The fraction of sp³-hybridized carbons (Fsp3) is 0.667. The lowest BCUT2D eigenvalue weighted by Crippen LogP contribution is -2.31. The average Bonchev–Trinajstić information content (AvgIpc) is 2.62. The maximum Gasteiger partial charge on any atom is 0.283 e. The first-order valence-corrected chi connectivity index (χ1v) is 6.99. The van der Waals surface area contributed by atoms with Crippen molar-refractivity contribution >= 4 is 21.6 Å². The second kappa shape index (κ2) is 5.01. The molecule has 6 heteroatoms. The molecule has 0 radical (unpaired) electrons. The Morgan fingerprint density at radius 3 is 2.67 bits per heavy atom. The lowest BCUT2D eigenvalue weighted by atomic mass is 10.1. The second-order valence-corrected chi connectivity index (χ2v) is 6.03.